The predicted molar refractivity (Wildman–Crippen MR) is 104 cm³/mol. The Morgan fingerprint density at radius 2 is 1.85 bits per heavy atom. The number of hydrogen-bond acceptors (Lipinski definition) is 6. The van der Waals surface area contributed by atoms with Gasteiger partial charge in [-0.3, -0.25) is 4.79 Å². The van der Waals surface area contributed by atoms with Crippen LogP contribution in [-0.4, -0.2) is 67.9 Å². The Labute approximate surface area is 168 Å². The molecule has 0 aromatic carbocycles. The van der Waals surface area contributed by atoms with E-state index >= 15 is 0 Å². The standard InChI is InChI=1S/C16H24ClN3O5S2/c1-16(2,3)25-15(22)18-7-6-13(21)19-8-10-20(11-9-19)27(23,24)14-5-4-12(17)26-14/h4-5H,6-11H2,1-3H3,(H,18,22). The molecule has 152 valence electrons. The fraction of sp³-hybridized carbons (Fsp3) is 0.625. The first-order valence-electron chi connectivity index (χ1n) is 8.49. The van der Waals surface area contributed by atoms with Crippen molar-refractivity contribution in [1.82, 2.24) is 14.5 Å². The Morgan fingerprint density at radius 1 is 1.22 bits per heavy atom. The Balaban J connectivity index is 1.78. The second-order valence-corrected chi connectivity index (χ2v) is 10.9. The van der Waals surface area contributed by atoms with Gasteiger partial charge in [0, 0.05) is 39.1 Å². The zero-order chi connectivity index (χ0) is 20.2. The van der Waals surface area contributed by atoms with Crippen LogP contribution in [0.4, 0.5) is 4.79 Å². The Bertz CT molecular complexity index is 780. The van der Waals surface area contributed by atoms with Crippen molar-refractivity contribution in [1.29, 1.82) is 0 Å². The molecular formula is C16H24ClN3O5S2. The van der Waals surface area contributed by atoms with Crippen molar-refractivity contribution >= 4 is 45.0 Å². The van der Waals surface area contributed by atoms with E-state index in [1.165, 1.54) is 10.4 Å². The van der Waals surface area contributed by atoms with Gasteiger partial charge in [-0.25, -0.2) is 13.2 Å². The number of alkyl carbamates (subject to hydrolysis) is 1. The van der Waals surface area contributed by atoms with E-state index in [0.717, 1.165) is 11.3 Å². The number of thiophene rings is 1. The highest BCUT2D eigenvalue weighted by molar-refractivity contribution is 7.91. The molecule has 0 spiro atoms. The lowest BCUT2D eigenvalue weighted by molar-refractivity contribution is -0.132. The Kier molecular flexibility index (Phi) is 7.12. The van der Waals surface area contributed by atoms with Crippen LogP contribution in [0.5, 0.6) is 0 Å². The highest BCUT2D eigenvalue weighted by Gasteiger charge is 2.31. The molecule has 1 aliphatic rings. The van der Waals surface area contributed by atoms with Gasteiger partial charge in [-0.15, -0.1) is 11.3 Å². The fourth-order valence-corrected chi connectivity index (χ4v) is 5.54. The summed E-state index contributed by atoms with van der Waals surface area (Å²) in [6, 6.07) is 3.04. The van der Waals surface area contributed by atoms with Crippen LogP contribution < -0.4 is 5.32 Å². The summed E-state index contributed by atoms with van der Waals surface area (Å²) in [7, 11) is -3.58. The van der Waals surface area contributed by atoms with Gasteiger partial charge in [-0.1, -0.05) is 11.6 Å². The number of sulfonamides is 1. The van der Waals surface area contributed by atoms with Crippen LogP contribution >= 0.6 is 22.9 Å². The summed E-state index contributed by atoms with van der Waals surface area (Å²) in [6.45, 7) is 6.51. The summed E-state index contributed by atoms with van der Waals surface area (Å²) < 4.78 is 32.2. The third-order valence-electron chi connectivity index (χ3n) is 3.74. The molecule has 2 rings (SSSR count). The number of nitrogens with one attached hydrogen (secondary N) is 1. The van der Waals surface area contributed by atoms with Gasteiger partial charge in [0.2, 0.25) is 5.91 Å². The van der Waals surface area contributed by atoms with Gasteiger partial charge in [0.05, 0.1) is 4.34 Å². The van der Waals surface area contributed by atoms with Crippen LogP contribution in [0.15, 0.2) is 16.3 Å². The van der Waals surface area contributed by atoms with Gasteiger partial charge in [-0.2, -0.15) is 4.31 Å². The van der Waals surface area contributed by atoms with E-state index in [4.69, 9.17) is 16.3 Å². The van der Waals surface area contributed by atoms with Gasteiger partial charge >= 0.3 is 6.09 Å². The highest BCUT2D eigenvalue weighted by Crippen LogP contribution is 2.28. The molecule has 8 nitrogen and oxygen atoms in total. The van der Waals surface area contributed by atoms with Crippen molar-refractivity contribution in [2.45, 2.75) is 37.0 Å². The van der Waals surface area contributed by atoms with E-state index in [1.807, 2.05) is 0 Å². The van der Waals surface area contributed by atoms with E-state index in [9.17, 15) is 18.0 Å². The smallest absolute Gasteiger partial charge is 0.407 e. The summed E-state index contributed by atoms with van der Waals surface area (Å²) in [6.07, 6.45) is -0.437. The second-order valence-electron chi connectivity index (χ2n) is 7.02. The maximum Gasteiger partial charge on any atom is 0.407 e. The minimum Gasteiger partial charge on any atom is -0.444 e. The molecule has 1 saturated heterocycles. The number of halogens is 1. The summed E-state index contributed by atoms with van der Waals surface area (Å²) in [5.74, 6) is -0.137. The quantitative estimate of drug-likeness (QED) is 0.761. The minimum atomic E-state index is -3.58. The highest BCUT2D eigenvalue weighted by atomic mass is 35.5. The molecule has 0 saturated carbocycles. The average molecular weight is 438 g/mol. The first kappa shape index (κ1) is 21.9. The molecule has 0 aliphatic carbocycles. The molecule has 1 aromatic rings. The van der Waals surface area contributed by atoms with Crippen molar-refractivity contribution < 1.29 is 22.7 Å². The summed E-state index contributed by atoms with van der Waals surface area (Å²) in [4.78, 5) is 25.4. The zero-order valence-corrected chi connectivity index (χ0v) is 17.9. The number of ether oxygens (including phenoxy) is 1. The van der Waals surface area contributed by atoms with Crippen LogP contribution in [0.1, 0.15) is 27.2 Å². The van der Waals surface area contributed by atoms with Crippen molar-refractivity contribution in [3.63, 3.8) is 0 Å². The molecule has 1 aromatic heterocycles. The molecule has 1 fully saturated rings. The number of piperazine rings is 1. The molecule has 0 atom stereocenters. The molecule has 0 bridgehead atoms. The maximum absolute atomic E-state index is 12.6. The molecule has 1 N–H and O–H groups in total. The number of nitrogens with zero attached hydrogens (tertiary/aromatic N) is 2. The lowest BCUT2D eigenvalue weighted by Gasteiger charge is -2.33. The number of carbonyl (C=O) groups excluding carboxylic acids is 2. The fourth-order valence-electron chi connectivity index (χ4n) is 2.49. The zero-order valence-electron chi connectivity index (χ0n) is 15.5. The van der Waals surface area contributed by atoms with Gasteiger partial charge < -0.3 is 15.0 Å². The molecular weight excluding hydrogens is 414 g/mol. The van der Waals surface area contributed by atoms with Crippen molar-refractivity contribution in [3.8, 4) is 0 Å². The number of rotatable bonds is 5. The average Bonchev–Trinajstić information content (AvgIpc) is 3.00. The van der Waals surface area contributed by atoms with Crippen LogP contribution in [0.25, 0.3) is 0 Å². The predicted octanol–water partition coefficient (Wildman–Crippen LogP) is 2.15. The molecule has 2 heterocycles. The van der Waals surface area contributed by atoms with Crippen LogP contribution in [0.2, 0.25) is 4.34 Å². The largest absolute Gasteiger partial charge is 0.444 e. The minimum absolute atomic E-state index is 0.131. The van der Waals surface area contributed by atoms with Gasteiger partial charge in [0.1, 0.15) is 9.81 Å². The number of amides is 2. The van der Waals surface area contributed by atoms with E-state index in [-0.39, 0.29) is 36.2 Å². The Hall–Kier alpha value is -1.36. The lowest BCUT2D eigenvalue weighted by Crippen LogP contribution is -2.50. The van der Waals surface area contributed by atoms with E-state index in [2.05, 4.69) is 5.32 Å². The van der Waals surface area contributed by atoms with Crippen molar-refractivity contribution in [2.75, 3.05) is 32.7 Å². The maximum atomic E-state index is 12.6. The topological polar surface area (TPSA) is 96.0 Å². The van der Waals surface area contributed by atoms with E-state index in [1.54, 1.807) is 31.7 Å². The first-order valence-corrected chi connectivity index (χ1v) is 11.1. The third kappa shape index (κ3) is 6.34. The van der Waals surface area contributed by atoms with E-state index < -0.39 is 21.7 Å². The molecule has 0 radical (unpaired) electrons. The van der Waals surface area contributed by atoms with Crippen LogP contribution in [-0.2, 0) is 19.6 Å². The molecule has 11 heteroatoms. The monoisotopic (exact) mass is 437 g/mol. The number of carbonyl (C=O) groups is 2. The summed E-state index contributed by atoms with van der Waals surface area (Å²) in [5.41, 5.74) is -0.595. The van der Waals surface area contributed by atoms with Crippen molar-refractivity contribution in [2.24, 2.45) is 0 Å². The lowest BCUT2D eigenvalue weighted by atomic mass is 10.2. The van der Waals surface area contributed by atoms with Crippen LogP contribution in [0.3, 0.4) is 0 Å². The Morgan fingerprint density at radius 3 is 2.37 bits per heavy atom. The summed E-state index contributed by atoms with van der Waals surface area (Å²) in [5, 5.41) is 2.54. The second kappa shape index (κ2) is 8.76. The molecule has 27 heavy (non-hydrogen) atoms. The first-order chi connectivity index (χ1) is 12.5. The van der Waals surface area contributed by atoms with Crippen molar-refractivity contribution in [3.05, 3.63) is 16.5 Å². The van der Waals surface area contributed by atoms with Gasteiger partial charge in [-0.05, 0) is 32.9 Å². The SMILES string of the molecule is CC(C)(C)OC(=O)NCCC(=O)N1CCN(S(=O)(=O)c2ccc(Cl)s2)CC1. The summed E-state index contributed by atoms with van der Waals surface area (Å²) >= 11 is 6.84. The number of hydrogen-bond donors (Lipinski definition) is 1. The molecule has 2 amide bonds. The van der Waals surface area contributed by atoms with Crippen LogP contribution in [0, 0.1) is 0 Å². The molecule has 0 unspecified atom stereocenters. The van der Waals surface area contributed by atoms with Gasteiger partial charge in [0.25, 0.3) is 10.0 Å². The third-order valence-corrected chi connectivity index (χ3v) is 7.34. The van der Waals surface area contributed by atoms with Gasteiger partial charge in [0.15, 0.2) is 0 Å². The normalized spacial score (nSPS) is 16.2. The molecule has 1 aliphatic heterocycles. The van der Waals surface area contributed by atoms with E-state index in [0.29, 0.717) is 17.4 Å².